The van der Waals surface area contributed by atoms with Crippen molar-refractivity contribution in [1.82, 2.24) is 24.5 Å². The molecule has 3 aromatic heterocycles. The van der Waals surface area contributed by atoms with E-state index in [0.717, 1.165) is 34.4 Å². The van der Waals surface area contributed by atoms with E-state index >= 15 is 0 Å². The van der Waals surface area contributed by atoms with Crippen LogP contribution in [-0.2, 0) is 6.54 Å². The van der Waals surface area contributed by atoms with Gasteiger partial charge in [0.25, 0.3) is 0 Å². The van der Waals surface area contributed by atoms with Crippen molar-refractivity contribution >= 4 is 11.5 Å². The molecule has 6 nitrogen and oxygen atoms in total. The molecule has 7 heteroatoms. The third kappa shape index (κ3) is 3.37. The van der Waals surface area contributed by atoms with Gasteiger partial charge in [0.05, 0.1) is 16.8 Å². The molecule has 0 atom stereocenters. The Morgan fingerprint density at radius 1 is 1.07 bits per heavy atom. The standard InChI is InChI=1S/C20H19FN6/c1-26(2)11-13-3-8-17-18(16-9-10-23-20(22)24-16)19(25-27(17)12-13)14-4-6-15(21)7-5-14/h3-10,12H,11H2,1-2H3,(H2,22,23,24). The Hall–Kier alpha value is -3.32. The lowest BCUT2D eigenvalue weighted by atomic mass is 10.0. The summed E-state index contributed by atoms with van der Waals surface area (Å²) >= 11 is 0. The van der Waals surface area contributed by atoms with Gasteiger partial charge in [-0.1, -0.05) is 6.07 Å². The number of fused-ring (bicyclic) bond motifs is 1. The number of rotatable bonds is 4. The van der Waals surface area contributed by atoms with Gasteiger partial charge in [-0.05, 0) is 56.1 Å². The number of nitrogens with two attached hydrogens (primary N) is 1. The van der Waals surface area contributed by atoms with E-state index in [4.69, 9.17) is 10.8 Å². The normalized spacial score (nSPS) is 11.4. The first kappa shape index (κ1) is 17.1. The molecule has 0 amide bonds. The van der Waals surface area contributed by atoms with Crippen LogP contribution in [0.2, 0.25) is 0 Å². The average Bonchev–Trinajstić information content (AvgIpc) is 3.00. The first-order valence-corrected chi connectivity index (χ1v) is 8.52. The van der Waals surface area contributed by atoms with Crippen molar-refractivity contribution < 1.29 is 4.39 Å². The van der Waals surface area contributed by atoms with Crippen LogP contribution in [0.15, 0.2) is 54.9 Å². The first-order chi connectivity index (χ1) is 13.0. The predicted molar refractivity (Wildman–Crippen MR) is 103 cm³/mol. The van der Waals surface area contributed by atoms with E-state index in [2.05, 4.69) is 20.9 Å². The molecule has 0 bridgehead atoms. The van der Waals surface area contributed by atoms with E-state index in [-0.39, 0.29) is 11.8 Å². The van der Waals surface area contributed by atoms with E-state index < -0.39 is 0 Å². The van der Waals surface area contributed by atoms with Gasteiger partial charge < -0.3 is 10.6 Å². The summed E-state index contributed by atoms with van der Waals surface area (Å²) in [6.45, 7) is 0.803. The maximum Gasteiger partial charge on any atom is 0.220 e. The molecule has 0 spiro atoms. The quantitative estimate of drug-likeness (QED) is 0.603. The molecule has 136 valence electrons. The van der Waals surface area contributed by atoms with Crippen LogP contribution in [0.5, 0.6) is 0 Å². The molecule has 0 aliphatic rings. The highest BCUT2D eigenvalue weighted by molar-refractivity contribution is 5.90. The number of hydrogen-bond acceptors (Lipinski definition) is 5. The lowest BCUT2D eigenvalue weighted by Crippen LogP contribution is -2.11. The molecule has 0 aliphatic carbocycles. The number of aromatic nitrogens is 4. The number of pyridine rings is 1. The number of hydrogen-bond donors (Lipinski definition) is 1. The van der Waals surface area contributed by atoms with Gasteiger partial charge in [0.2, 0.25) is 5.95 Å². The Bertz CT molecular complexity index is 1100. The molecular formula is C20H19FN6. The zero-order valence-corrected chi connectivity index (χ0v) is 15.1. The van der Waals surface area contributed by atoms with Crippen molar-refractivity contribution in [2.24, 2.45) is 0 Å². The van der Waals surface area contributed by atoms with Crippen LogP contribution >= 0.6 is 0 Å². The Kier molecular flexibility index (Phi) is 4.29. The van der Waals surface area contributed by atoms with Crippen molar-refractivity contribution in [2.75, 3.05) is 19.8 Å². The molecule has 0 aliphatic heterocycles. The lowest BCUT2D eigenvalue weighted by molar-refractivity contribution is 0.401. The van der Waals surface area contributed by atoms with Gasteiger partial charge in [0.1, 0.15) is 11.5 Å². The molecule has 0 fully saturated rings. The number of anilines is 1. The Labute approximate surface area is 156 Å². The van der Waals surface area contributed by atoms with Crippen LogP contribution < -0.4 is 5.73 Å². The first-order valence-electron chi connectivity index (χ1n) is 8.52. The fourth-order valence-electron chi connectivity index (χ4n) is 3.13. The molecule has 0 radical (unpaired) electrons. The van der Waals surface area contributed by atoms with E-state index in [1.165, 1.54) is 12.1 Å². The highest BCUT2D eigenvalue weighted by atomic mass is 19.1. The molecular weight excluding hydrogens is 343 g/mol. The summed E-state index contributed by atoms with van der Waals surface area (Å²) in [5, 5.41) is 4.76. The Balaban J connectivity index is 1.96. The van der Waals surface area contributed by atoms with Crippen LogP contribution in [0.1, 0.15) is 5.56 Å². The number of nitrogens with zero attached hydrogens (tertiary/aromatic N) is 5. The minimum atomic E-state index is -0.288. The minimum Gasteiger partial charge on any atom is -0.368 e. The van der Waals surface area contributed by atoms with Crippen LogP contribution in [0.3, 0.4) is 0 Å². The zero-order valence-electron chi connectivity index (χ0n) is 15.1. The zero-order chi connectivity index (χ0) is 19.0. The van der Waals surface area contributed by atoms with Gasteiger partial charge in [-0.3, -0.25) is 0 Å². The predicted octanol–water partition coefficient (Wildman–Crippen LogP) is 3.24. The van der Waals surface area contributed by atoms with Crippen molar-refractivity contribution in [3.8, 4) is 22.5 Å². The second kappa shape index (κ2) is 6.77. The molecule has 0 saturated heterocycles. The molecule has 3 heterocycles. The van der Waals surface area contributed by atoms with Gasteiger partial charge in [0.15, 0.2) is 0 Å². The third-order valence-corrected chi connectivity index (χ3v) is 4.24. The largest absolute Gasteiger partial charge is 0.368 e. The summed E-state index contributed by atoms with van der Waals surface area (Å²) in [7, 11) is 4.04. The molecule has 1 aromatic carbocycles. The third-order valence-electron chi connectivity index (χ3n) is 4.24. The van der Waals surface area contributed by atoms with Crippen LogP contribution in [0.25, 0.3) is 28.0 Å². The fraction of sp³-hybridized carbons (Fsp3) is 0.150. The van der Waals surface area contributed by atoms with Crippen LogP contribution in [-0.4, -0.2) is 38.6 Å². The Morgan fingerprint density at radius 3 is 2.56 bits per heavy atom. The highest BCUT2D eigenvalue weighted by Gasteiger charge is 2.18. The number of benzene rings is 1. The molecule has 4 aromatic rings. The van der Waals surface area contributed by atoms with Crippen molar-refractivity contribution in [3.63, 3.8) is 0 Å². The fourth-order valence-corrected chi connectivity index (χ4v) is 3.13. The smallest absolute Gasteiger partial charge is 0.220 e. The highest BCUT2D eigenvalue weighted by Crippen LogP contribution is 2.34. The second-order valence-electron chi connectivity index (χ2n) is 6.64. The summed E-state index contributed by atoms with van der Waals surface area (Å²) in [6, 6.07) is 12.2. The van der Waals surface area contributed by atoms with E-state index in [1.54, 1.807) is 24.4 Å². The summed E-state index contributed by atoms with van der Waals surface area (Å²) in [6.07, 6.45) is 3.62. The van der Waals surface area contributed by atoms with Gasteiger partial charge in [0, 0.05) is 24.5 Å². The summed E-state index contributed by atoms with van der Waals surface area (Å²) in [5.41, 5.74) is 10.9. The van der Waals surface area contributed by atoms with Crippen LogP contribution in [0.4, 0.5) is 10.3 Å². The van der Waals surface area contributed by atoms with Crippen molar-refractivity contribution in [3.05, 3.63) is 66.2 Å². The molecule has 0 saturated carbocycles. The second-order valence-corrected chi connectivity index (χ2v) is 6.64. The maximum atomic E-state index is 13.4. The summed E-state index contributed by atoms with van der Waals surface area (Å²) < 4.78 is 15.2. The average molecular weight is 362 g/mol. The van der Waals surface area contributed by atoms with Gasteiger partial charge in [-0.2, -0.15) is 5.10 Å². The monoisotopic (exact) mass is 362 g/mol. The number of halogens is 1. The topological polar surface area (TPSA) is 72.3 Å². The number of nitrogen functional groups attached to an aromatic ring is 1. The van der Waals surface area contributed by atoms with Gasteiger partial charge in [-0.15, -0.1) is 0 Å². The van der Waals surface area contributed by atoms with Crippen molar-refractivity contribution in [2.45, 2.75) is 6.54 Å². The van der Waals surface area contributed by atoms with Gasteiger partial charge in [-0.25, -0.2) is 18.9 Å². The van der Waals surface area contributed by atoms with E-state index in [0.29, 0.717) is 5.69 Å². The van der Waals surface area contributed by atoms with Crippen LogP contribution in [0, 0.1) is 5.82 Å². The van der Waals surface area contributed by atoms with Gasteiger partial charge >= 0.3 is 0 Å². The lowest BCUT2D eigenvalue weighted by Gasteiger charge is -2.09. The molecule has 4 rings (SSSR count). The minimum absolute atomic E-state index is 0.195. The maximum absolute atomic E-state index is 13.4. The Morgan fingerprint density at radius 2 is 1.85 bits per heavy atom. The summed E-state index contributed by atoms with van der Waals surface area (Å²) in [4.78, 5) is 10.4. The molecule has 0 unspecified atom stereocenters. The van der Waals surface area contributed by atoms with Crippen molar-refractivity contribution in [1.29, 1.82) is 0 Å². The van der Waals surface area contributed by atoms with E-state index in [9.17, 15) is 4.39 Å². The SMILES string of the molecule is CN(C)Cc1ccc2c(-c3ccnc(N)n3)c(-c3ccc(F)cc3)nn2c1. The molecule has 2 N–H and O–H groups in total. The molecule has 27 heavy (non-hydrogen) atoms. The summed E-state index contributed by atoms with van der Waals surface area (Å²) in [5.74, 6) is -0.0928. The van der Waals surface area contributed by atoms with E-state index in [1.807, 2.05) is 30.9 Å².